The summed E-state index contributed by atoms with van der Waals surface area (Å²) >= 11 is 0. The predicted molar refractivity (Wildman–Crippen MR) is 89.5 cm³/mol. The zero-order valence-electron chi connectivity index (χ0n) is 14.1. The quantitative estimate of drug-likeness (QED) is 0.348. The Morgan fingerprint density at radius 2 is 1.55 bits per heavy atom. The van der Waals surface area contributed by atoms with Crippen LogP contribution in [-0.4, -0.2) is 19.0 Å². The van der Waals surface area contributed by atoms with Gasteiger partial charge in [-0.15, -0.1) is 0 Å². The number of aldehydes is 1. The Morgan fingerprint density at radius 3 is 2.14 bits per heavy atom. The second kappa shape index (κ2) is 13.8. The molecule has 1 aliphatic carbocycles. The van der Waals surface area contributed by atoms with E-state index in [-0.39, 0.29) is 5.92 Å². The largest absolute Gasteiger partial charge is 0.378 e. The van der Waals surface area contributed by atoms with Gasteiger partial charge in [0.05, 0.1) is 12.2 Å². The summed E-state index contributed by atoms with van der Waals surface area (Å²) in [6, 6.07) is 2.03. The predicted octanol–water partition coefficient (Wildman–Crippen LogP) is 5.19. The average molecular weight is 307 g/mol. The van der Waals surface area contributed by atoms with Crippen LogP contribution in [0, 0.1) is 17.2 Å². The molecule has 0 heterocycles. The topological polar surface area (TPSA) is 50.1 Å². The molecule has 0 aromatic rings. The summed E-state index contributed by atoms with van der Waals surface area (Å²) in [5, 5.41) is 8.66. The minimum Gasteiger partial charge on any atom is -0.378 e. The van der Waals surface area contributed by atoms with E-state index in [0.29, 0.717) is 6.10 Å². The molecule has 0 saturated heterocycles. The van der Waals surface area contributed by atoms with Crippen LogP contribution in [0.25, 0.3) is 0 Å². The molecule has 3 nitrogen and oxygen atoms in total. The maximum atomic E-state index is 10.5. The Bertz CT molecular complexity index is 305. The number of carbonyl (C=O) groups excluding carboxylic acids is 1. The summed E-state index contributed by atoms with van der Waals surface area (Å²) in [6.07, 6.45) is 18.5. The maximum absolute atomic E-state index is 10.5. The summed E-state index contributed by atoms with van der Waals surface area (Å²) in [4.78, 5) is 10.5. The Labute approximate surface area is 136 Å². The van der Waals surface area contributed by atoms with Crippen LogP contribution in [0.1, 0.15) is 89.9 Å². The van der Waals surface area contributed by atoms with Crippen LogP contribution in [0.3, 0.4) is 0 Å². The van der Waals surface area contributed by atoms with E-state index < -0.39 is 0 Å². The fourth-order valence-electron chi connectivity index (χ4n) is 3.17. The van der Waals surface area contributed by atoms with Crippen molar-refractivity contribution in [1.29, 1.82) is 5.26 Å². The lowest BCUT2D eigenvalue weighted by Gasteiger charge is -2.21. The maximum Gasteiger partial charge on any atom is 0.137 e. The first-order valence-corrected chi connectivity index (χ1v) is 9.33. The third-order valence-electron chi connectivity index (χ3n) is 4.65. The van der Waals surface area contributed by atoms with Gasteiger partial charge in [0.1, 0.15) is 12.2 Å². The van der Waals surface area contributed by atoms with Crippen LogP contribution in [0.15, 0.2) is 0 Å². The monoisotopic (exact) mass is 307 g/mol. The molecule has 3 heteroatoms. The number of rotatable bonds is 13. The molecule has 126 valence electrons. The molecule has 1 saturated carbocycles. The number of nitriles is 1. The van der Waals surface area contributed by atoms with E-state index in [1.165, 1.54) is 70.6 Å². The van der Waals surface area contributed by atoms with Crippen LogP contribution in [-0.2, 0) is 9.53 Å². The van der Waals surface area contributed by atoms with E-state index in [1.807, 2.05) is 6.07 Å². The van der Waals surface area contributed by atoms with Gasteiger partial charge in [0.2, 0.25) is 0 Å². The first kappa shape index (κ1) is 19.2. The lowest BCUT2D eigenvalue weighted by atomic mass is 9.98. The van der Waals surface area contributed by atoms with Gasteiger partial charge in [-0.3, -0.25) is 0 Å². The molecule has 0 bridgehead atoms. The van der Waals surface area contributed by atoms with E-state index in [4.69, 9.17) is 10.00 Å². The molecule has 1 fully saturated rings. The van der Waals surface area contributed by atoms with Crippen molar-refractivity contribution in [3.05, 3.63) is 0 Å². The Hall–Kier alpha value is -0.880. The highest BCUT2D eigenvalue weighted by Gasteiger charge is 2.12. The number of hydrogen-bond acceptors (Lipinski definition) is 3. The lowest BCUT2D eigenvalue weighted by molar-refractivity contribution is -0.109. The number of hydrogen-bond donors (Lipinski definition) is 0. The Kier molecular flexibility index (Phi) is 12.0. The van der Waals surface area contributed by atoms with Gasteiger partial charge in [-0.25, -0.2) is 0 Å². The molecule has 0 spiro atoms. The SMILES string of the molecule is N#CC(C=O)CCCCCCCCCCOC1CCCCC1. The van der Waals surface area contributed by atoms with Crippen LogP contribution in [0.2, 0.25) is 0 Å². The van der Waals surface area contributed by atoms with Gasteiger partial charge in [0.25, 0.3) is 0 Å². The molecule has 0 aromatic carbocycles. The van der Waals surface area contributed by atoms with Gasteiger partial charge in [-0.1, -0.05) is 64.2 Å². The zero-order chi connectivity index (χ0) is 15.9. The fraction of sp³-hybridized carbons (Fsp3) is 0.895. The van der Waals surface area contributed by atoms with Gasteiger partial charge in [0, 0.05) is 6.61 Å². The van der Waals surface area contributed by atoms with Gasteiger partial charge in [0.15, 0.2) is 0 Å². The van der Waals surface area contributed by atoms with Crippen LogP contribution < -0.4 is 0 Å². The summed E-state index contributed by atoms with van der Waals surface area (Å²) in [5.41, 5.74) is 0. The second-order valence-corrected chi connectivity index (χ2v) is 6.62. The van der Waals surface area contributed by atoms with Crippen molar-refractivity contribution < 1.29 is 9.53 Å². The van der Waals surface area contributed by atoms with Gasteiger partial charge in [-0.2, -0.15) is 5.26 Å². The van der Waals surface area contributed by atoms with E-state index in [9.17, 15) is 4.79 Å². The molecule has 0 N–H and O–H groups in total. The first-order valence-electron chi connectivity index (χ1n) is 9.33. The van der Waals surface area contributed by atoms with Crippen LogP contribution in [0.4, 0.5) is 0 Å². The van der Waals surface area contributed by atoms with Gasteiger partial charge in [-0.05, 0) is 25.7 Å². The third kappa shape index (κ3) is 9.95. The normalized spacial score (nSPS) is 17.0. The molecule has 1 rings (SSSR count). The van der Waals surface area contributed by atoms with E-state index in [0.717, 1.165) is 32.2 Å². The molecule has 0 radical (unpaired) electrons. The Morgan fingerprint density at radius 1 is 0.955 bits per heavy atom. The Balaban J connectivity index is 1.76. The third-order valence-corrected chi connectivity index (χ3v) is 4.65. The van der Waals surface area contributed by atoms with Crippen molar-refractivity contribution >= 4 is 6.29 Å². The van der Waals surface area contributed by atoms with Crippen LogP contribution in [0.5, 0.6) is 0 Å². The summed E-state index contributed by atoms with van der Waals surface area (Å²) in [7, 11) is 0. The highest BCUT2D eigenvalue weighted by Crippen LogP contribution is 2.20. The molecular weight excluding hydrogens is 274 g/mol. The van der Waals surface area contributed by atoms with E-state index in [2.05, 4.69) is 0 Å². The first-order chi connectivity index (χ1) is 10.9. The minimum absolute atomic E-state index is 0.385. The number of nitrogens with zero attached hydrogens (tertiary/aromatic N) is 1. The standard InChI is InChI=1S/C19H33NO2/c20-16-18(17-21)12-8-5-3-1-2-4-6-11-15-22-19-13-9-7-10-14-19/h17-19H,1-15H2. The number of carbonyl (C=O) groups is 1. The molecular formula is C19H33NO2. The average Bonchev–Trinajstić information content (AvgIpc) is 2.57. The fourth-order valence-corrected chi connectivity index (χ4v) is 3.17. The number of unbranched alkanes of at least 4 members (excludes halogenated alkanes) is 7. The summed E-state index contributed by atoms with van der Waals surface area (Å²) in [6.45, 7) is 0.950. The minimum atomic E-state index is -0.385. The van der Waals surface area contributed by atoms with Crippen molar-refractivity contribution in [3.63, 3.8) is 0 Å². The van der Waals surface area contributed by atoms with E-state index in [1.54, 1.807) is 0 Å². The molecule has 22 heavy (non-hydrogen) atoms. The van der Waals surface area contributed by atoms with Crippen LogP contribution >= 0.6 is 0 Å². The van der Waals surface area contributed by atoms with Crippen molar-refractivity contribution in [2.75, 3.05) is 6.61 Å². The van der Waals surface area contributed by atoms with Crippen molar-refractivity contribution in [2.24, 2.45) is 5.92 Å². The lowest BCUT2D eigenvalue weighted by Crippen LogP contribution is -2.17. The molecule has 1 unspecified atom stereocenters. The highest BCUT2D eigenvalue weighted by atomic mass is 16.5. The summed E-state index contributed by atoms with van der Waals surface area (Å²) in [5.74, 6) is -0.385. The smallest absolute Gasteiger partial charge is 0.137 e. The molecule has 1 aliphatic rings. The van der Waals surface area contributed by atoms with Crippen molar-refractivity contribution in [3.8, 4) is 6.07 Å². The van der Waals surface area contributed by atoms with Crippen molar-refractivity contribution in [1.82, 2.24) is 0 Å². The van der Waals surface area contributed by atoms with Gasteiger partial charge < -0.3 is 9.53 Å². The summed E-state index contributed by atoms with van der Waals surface area (Å²) < 4.78 is 5.93. The second-order valence-electron chi connectivity index (χ2n) is 6.62. The molecule has 1 atom stereocenters. The molecule has 0 aromatic heterocycles. The van der Waals surface area contributed by atoms with Gasteiger partial charge >= 0.3 is 0 Å². The zero-order valence-corrected chi connectivity index (χ0v) is 14.1. The highest BCUT2D eigenvalue weighted by molar-refractivity contribution is 5.57. The van der Waals surface area contributed by atoms with E-state index >= 15 is 0 Å². The van der Waals surface area contributed by atoms with Crippen molar-refractivity contribution in [2.45, 2.75) is 96.0 Å². The molecule has 0 amide bonds. The number of ether oxygens (including phenoxy) is 1. The molecule has 0 aliphatic heterocycles.